The summed E-state index contributed by atoms with van der Waals surface area (Å²) in [6.45, 7) is 3.66. The summed E-state index contributed by atoms with van der Waals surface area (Å²) in [6, 6.07) is 12.8. The average molecular weight is 494 g/mol. The molecule has 0 saturated carbocycles. The van der Waals surface area contributed by atoms with Gasteiger partial charge in [-0.25, -0.2) is 0 Å². The Hall–Kier alpha value is -3.26. The Bertz CT molecular complexity index is 1040. The Morgan fingerprint density at radius 3 is 2.58 bits per heavy atom. The molecule has 0 spiro atoms. The molecule has 192 valence electrons. The van der Waals surface area contributed by atoms with Crippen molar-refractivity contribution in [2.24, 2.45) is 5.92 Å². The van der Waals surface area contributed by atoms with Crippen molar-refractivity contribution < 1.29 is 24.2 Å². The van der Waals surface area contributed by atoms with Gasteiger partial charge in [0, 0.05) is 38.7 Å². The summed E-state index contributed by atoms with van der Waals surface area (Å²) in [4.78, 5) is 47.3. The molecule has 1 aromatic heterocycles. The zero-order chi connectivity index (χ0) is 25.5. The summed E-state index contributed by atoms with van der Waals surface area (Å²) in [6.07, 6.45) is 5.56. The number of hydrogen-bond acceptors (Lipinski definition) is 6. The van der Waals surface area contributed by atoms with Crippen molar-refractivity contribution in [2.75, 3.05) is 26.2 Å². The first-order chi connectivity index (χ1) is 17.4. The number of imide groups is 1. The molecular formula is C28H35N3O5. The van der Waals surface area contributed by atoms with Crippen LogP contribution in [0.5, 0.6) is 5.75 Å². The molecule has 2 atom stereocenters. The van der Waals surface area contributed by atoms with Crippen LogP contribution in [0.4, 0.5) is 0 Å². The fourth-order valence-corrected chi connectivity index (χ4v) is 5.33. The normalized spacial score (nSPS) is 21.6. The lowest BCUT2D eigenvalue weighted by Crippen LogP contribution is -2.46. The van der Waals surface area contributed by atoms with E-state index in [1.807, 2.05) is 37.3 Å². The van der Waals surface area contributed by atoms with Crippen molar-refractivity contribution in [2.45, 2.75) is 57.0 Å². The molecular weight excluding hydrogens is 458 g/mol. The van der Waals surface area contributed by atoms with Crippen LogP contribution in [0, 0.1) is 5.92 Å². The van der Waals surface area contributed by atoms with E-state index >= 15 is 0 Å². The summed E-state index contributed by atoms with van der Waals surface area (Å²) >= 11 is 0. The lowest BCUT2D eigenvalue weighted by atomic mass is 9.75. The van der Waals surface area contributed by atoms with E-state index in [9.17, 15) is 19.5 Å². The van der Waals surface area contributed by atoms with Gasteiger partial charge in [-0.15, -0.1) is 0 Å². The summed E-state index contributed by atoms with van der Waals surface area (Å²) in [5, 5.41) is 10.2. The number of benzene rings is 1. The van der Waals surface area contributed by atoms with Crippen molar-refractivity contribution in [3.8, 4) is 5.75 Å². The summed E-state index contributed by atoms with van der Waals surface area (Å²) < 4.78 is 5.66. The molecule has 3 amide bonds. The Kier molecular flexibility index (Phi) is 8.36. The molecule has 4 rings (SSSR count). The predicted molar refractivity (Wildman–Crippen MR) is 134 cm³/mol. The van der Waals surface area contributed by atoms with Gasteiger partial charge in [-0.05, 0) is 49.3 Å². The number of aliphatic hydroxyl groups excluding tert-OH is 1. The van der Waals surface area contributed by atoms with Crippen molar-refractivity contribution in [3.05, 3.63) is 60.4 Å². The number of carbonyl (C=O) groups is 3. The minimum atomic E-state index is -1.20. The highest BCUT2D eigenvalue weighted by Crippen LogP contribution is 2.40. The SMILES string of the molecule is CC[C@H](O)C1CCN(C(=O)C[C@@]2(c3ccccc3)CC(=O)N(CCCOc3cccnc3)C2=O)CC1. The highest BCUT2D eigenvalue weighted by atomic mass is 16.5. The Morgan fingerprint density at radius 2 is 1.92 bits per heavy atom. The minimum Gasteiger partial charge on any atom is -0.492 e. The monoisotopic (exact) mass is 493 g/mol. The van der Waals surface area contributed by atoms with E-state index in [4.69, 9.17) is 4.74 Å². The molecule has 0 radical (unpaired) electrons. The van der Waals surface area contributed by atoms with E-state index in [1.54, 1.807) is 29.4 Å². The highest BCUT2D eigenvalue weighted by molar-refractivity contribution is 6.10. The highest BCUT2D eigenvalue weighted by Gasteiger charge is 2.54. The second kappa shape index (κ2) is 11.6. The Labute approximate surface area is 212 Å². The van der Waals surface area contributed by atoms with Gasteiger partial charge in [0.25, 0.3) is 0 Å². The largest absolute Gasteiger partial charge is 0.492 e. The Morgan fingerprint density at radius 1 is 1.17 bits per heavy atom. The molecule has 1 aromatic carbocycles. The maximum absolute atomic E-state index is 13.8. The number of piperidine rings is 1. The van der Waals surface area contributed by atoms with Crippen LogP contribution < -0.4 is 4.74 Å². The topological polar surface area (TPSA) is 100 Å². The van der Waals surface area contributed by atoms with Gasteiger partial charge in [0.05, 0.1) is 24.3 Å². The van der Waals surface area contributed by atoms with Crippen LogP contribution in [0.3, 0.4) is 0 Å². The number of amides is 3. The molecule has 2 aliphatic heterocycles. The maximum atomic E-state index is 13.8. The van der Waals surface area contributed by atoms with Gasteiger partial charge < -0.3 is 14.7 Å². The van der Waals surface area contributed by atoms with Crippen LogP contribution in [0.15, 0.2) is 54.9 Å². The third-order valence-corrected chi connectivity index (χ3v) is 7.47. The first-order valence-electron chi connectivity index (χ1n) is 12.8. The number of nitrogens with zero attached hydrogens (tertiary/aromatic N) is 3. The van der Waals surface area contributed by atoms with Crippen molar-refractivity contribution >= 4 is 17.7 Å². The molecule has 2 aliphatic rings. The second-order valence-electron chi connectivity index (χ2n) is 9.74. The van der Waals surface area contributed by atoms with Crippen LogP contribution in [0.2, 0.25) is 0 Å². The van der Waals surface area contributed by atoms with Gasteiger partial charge in [-0.3, -0.25) is 24.3 Å². The summed E-state index contributed by atoms with van der Waals surface area (Å²) in [7, 11) is 0. The fourth-order valence-electron chi connectivity index (χ4n) is 5.33. The lowest BCUT2D eigenvalue weighted by Gasteiger charge is -2.36. The van der Waals surface area contributed by atoms with E-state index in [2.05, 4.69) is 4.98 Å². The molecule has 2 aromatic rings. The fraction of sp³-hybridized carbons (Fsp3) is 0.500. The number of aliphatic hydroxyl groups is 1. The molecule has 0 aliphatic carbocycles. The smallest absolute Gasteiger partial charge is 0.240 e. The number of carbonyl (C=O) groups excluding carboxylic acids is 3. The minimum absolute atomic E-state index is 0.0178. The van der Waals surface area contributed by atoms with Gasteiger partial charge in [0.1, 0.15) is 5.75 Å². The predicted octanol–water partition coefficient (Wildman–Crippen LogP) is 2.95. The van der Waals surface area contributed by atoms with Gasteiger partial charge >= 0.3 is 0 Å². The van der Waals surface area contributed by atoms with Gasteiger partial charge in [0.15, 0.2) is 0 Å². The van der Waals surface area contributed by atoms with Gasteiger partial charge in [-0.2, -0.15) is 0 Å². The van der Waals surface area contributed by atoms with Crippen LogP contribution in [-0.4, -0.2) is 70.0 Å². The molecule has 36 heavy (non-hydrogen) atoms. The zero-order valence-corrected chi connectivity index (χ0v) is 20.8. The van der Waals surface area contributed by atoms with Crippen molar-refractivity contribution in [1.82, 2.24) is 14.8 Å². The number of likely N-dealkylation sites (tertiary alicyclic amines) is 2. The molecule has 8 nitrogen and oxygen atoms in total. The molecule has 1 N–H and O–H groups in total. The number of ether oxygens (including phenoxy) is 1. The summed E-state index contributed by atoms with van der Waals surface area (Å²) in [5.41, 5.74) is -0.499. The molecule has 3 heterocycles. The van der Waals surface area contributed by atoms with Crippen LogP contribution >= 0.6 is 0 Å². The first kappa shape index (κ1) is 25.8. The number of pyridine rings is 1. The molecule has 2 fully saturated rings. The molecule has 8 heteroatoms. The summed E-state index contributed by atoms with van der Waals surface area (Å²) in [5.74, 6) is 0.135. The number of hydrogen-bond donors (Lipinski definition) is 1. The third-order valence-electron chi connectivity index (χ3n) is 7.47. The van der Waals surface area contributed by atoms with E-state index in [1.165, 1.54) is 4.90 Å². The number of rotatable bonds is 10. The quantitative estimate of drug-likeness (QED) is 0.404. The molecule has 0 bridgehead atoms. The standard InChI is InChI=1S/C28H35N3O5/c1-2-24(32)21-11-15-30(16-12-21)25(33)18-28(22-8-4-3-5-9-22)19-26(34)31(27(28)35)14-7-17-36-23-10-6-13-29-20-23/h3-6,8-10,13,20-21,24,32H,2,7,11-12,14-19H2,1H3/t24-,28-/m0/s1. The van der Waals surface area contributed by atoms with Crippen molar-refractivity contribution in [1.29, 1.82) is 0 Å². The van der Waals surface area contributed by atoms with Crippen molar-refractivity contribution in [3.63, 3.8) is 0 Å². The molecule has 2 saturated heterocycles. The van der Waals surface area contributed by atoms with Crippen LogP contribution in [-0.2, 0) is 19.8 Å². The average Bonchev–Trinajstić information content (AvgIpc) is 3.16. The van der Waals surface area contributed by atoms with E-state index in [0.29, 0.717) is 43.9 Å². The first-order valence-corrected chi connectivity index (χ1v) is 12.8. The van der Waals surface area contributed by atoms with E-state index in [-0.39, 0.29) is 49.1 Å². The van der Waals surface area contributed by atoms with E-state index < -0.39 is 5.41 Å². The lowest BCUT2D eigenvalue weighted by molar-refractivity contribution is -0.143. The third kappa shape index (κ3) is 5.59. The maximum Gasteiger partial charge on any atom is 0.240 e. The van der Waals surface area contributed by atoms with E-state index in [0.717, 1.165) is 12.8 Å². The molecule has 0 unspecified atom stereocenters. The Balaban J connectivity index is 1.44. The van der Waals surface area contributed by atoms with Gasteiger partial charge in [-0.1, -0.05) is 37.3 Å². The van der Waals surface area contributed by atoms with Crippen LogP contribution in [0.25, 0.3) is 0 Å². The van der Waals surface area contributed by atoms with Crippen LogP contribution in [0.1, 0.15) is 51.0 Å². The number of aromatic nitrogens is 1. The zero-order valence-electron chi connectivity index (χ0n) is 20.8. The second-order valence-corrected chi connectivity index (χ2v) is 9.74. The van der Waals surface area contributed by atoms with Gasteiger partial charge in [0.2, 0.25) is 17.7 Å².